The summed E-state index contributed by atoms with van der Waals surface area (Å²) < 4.78 is 4.63. The third-order valence-corrected chi connectivity index (χ3v) is 1.56. The van der Waals surface area contributed by atoms with Crippen molar-refractivity contribution in [2.45, 2.75) is 19.8 Å². The number of hydrogen-bond acceptors (Lipinski definition) is 3. The van der Waals surface area contributed by atoms with Crippen LogP contribution in [0, 0.1) is 0 Å². The molecule has 3 heteroatoms. The van der Waals surface area contributed by atoms with Gasteiger partial charge in [0, 0.05) is 18.1 Å². The standard InChI is InChI=1S/C8H10O3/c1-2-11-8(10)5-6-3-4-7(6)9/h5H,2-4H2,1H3/b6-5-. The highest BCUT2D eigenvalue weighted by atomic mass is 16.5. The maximum atomic E-state index is 10.7. The van der Waals surface area contributed by atoms with Crippen LogP contribution in [0.25, 0.3) is 0 Å². The molecule has 0 saturated heterocycles. The van der Waals surface area contributed by atoms with Gasteiger partial charge in [-0.05, 0) is 13.3 Å². The van der Waals surface area contributed by atoms with Crippen molar-refractivity contribution < 1.29 is 14.3 Å². The van der Waals surface area contributed by atoms with Gasteiger partial charge in [0.1, 0.15) is 0 Å². The quantitative estimate of drug-likeness (QED) is 0.437. The van der Waals surface area contributed by atoms with Crippen LogP contribution >= 0.6 is 0 Å². The summed E-state index contributed by atoms with van der Waals surface area (Å²) in [6.07, 6.45) is 2.58. The largest absolute Gasteiger partial charge is 0.463 e. The van der Waals surface area contributed by atoms with Crippen LogP contribution in [0.15, 0.2) is 11.6 Å². The summed E-state index contributed by atoms with van der Waals surface area (Å²) in [5, 5.41) is 0. The minimum atomic E-state index is -0.407. The average molecular weight is 154 g/mol. The van der Waals surface area contributed by atoms with Crippen molar-refractivity contribution in [3.8, 4) is 0 Å². The van der Waals surface area contributed by atoms with Gasteiger partial charge in [-0.1, -0.05) is 0 Å². The molecule has 1 rings (SSSR count). The van der Waals surface area contributed by atoms with E-state index in [1.54, 1.807) is 6.92 Å². The predicted octanol–water partition coefficient (Wildman–Crippen LogP) is 0.839. The molecule has 0 N–H and O–H groups in total. The lowest BCUT2D eigenvalue weighted by Gasteiger charge is -2.13. The van der Waals surface area contributed by atoms with Gasteiger partial charge in [0.2, 0.25) is 0 Å². The Balaban J connectivity index is 2.44. The van der Waals surface area contributed by atoms with Crippen molar-refractivity contribution in [3.63, 3.8) is 0 Å². The number of hydrogen-bond donors (Lipinski definition) is 0. The number of ether oxygens (including phenoxy) is 1. The SMILES string of the molecule is CCOC(=O)/C=C1/CCC1=O. The summed E-state index contributed by atoms with van der Waals surface area (Å²) >= 11 is 0. The minimum Gasteiger partial charge on any atom is -0.463 e. The lowest BCUT2D eigenvalue weighted by atomic mass is 9.90. The van der Waals surface area contributed by atoms with Crippen molar-refractivity contribution >= 4 is 11.8 Å². The number of esters is 1. The first-order valence-electron chi connectivity index (χ1n) is 3.64. The Morgan fingerprint density at radius 3 is 2.73 bits per heavy atom. The van der Waals surface area contributed by atoms with Crippen LogP contribution in [0.5, 0.6) is 0 Å². The van der Waals surface area contributed by atoms with E-state index in [2.05, 4.69) is 4.74 Å². The molecule has 0 aromatic carbocycles. The third kappa shape index (κ3) is 1.90. The van der Waals surface area contributed by atoms with Crippen LogP contribution < -0.4 is 0 Å². The third-order valence-electron chi connectivity index (χ3n) is 1.56. The Morgan fingerprint density at radius 2 is 2.36 bits per heavy atom. The molecule has 1 fully saturated rings. The highest BCUT2D eigenvalue weighted by Crippen LogP contribution is 2.20. The van der Waals surface area contributed by atoms with Crippen LogP contribution in [0.1, 0.15) is 19.8 Å². The van der Waals surface area contributed by atoms with Gasteiger partial charge in [-0.3, -0.25) is 4.79 Å². The number of allylic oxidation sites excluding steroid dienone is 1. The molecule has 0 aromatic rings. The molecule has 1 aliphatic rings. The van der Waals surface area contributed by atoms with Crippen molar-refractivity contribution in [2.75, 3.05) is 6.61 Å². The summed E-state index contributed by atoms with van der Waals surface area (Å²) in [7, 11) is 0. The Hall–Kier alpha value is -1.12. The fourth-order valence-corrected chi connectivity index (χ4v) is 0.850. The molecular formula is C8H10O3. The molecule has 0 heterocycles. The molecule has 1 aliphatic carbocycles. The maximum absolute atomic E-state index is 10.7. The van der Waals surface area contributed by atoms with Crippen LogP contribution in [0.4, 0.5) is 0 Å². The molecule has 0 amide bonds. The molecule has 3 nitrogen and oxygen atoms in total. The number of rotatable bonds is 2. The molecule has 0 atom stereocenters. The van der Waals surface area contributed by atoms with Crippen LogP contribution in [0.2, 0.25) is 0 Å². The van der Waals surface area contributed by atoms with Gasteiger partial charge in [-0.2, -0.15) is 0 Å². The number of carbonyl (C=O) groups is 2. The van der Waals surface area contributed by atoms with E-state index in [4.69, 9.17) is 0 Å². The molecule has 60 valence electrons. The van der Waals surface area contributed by atoms with Gasteiger partial charge in [0.15, 0.2) is 5.78 Å². The fourth-order valence-electron chi connectivity index (χ4n) is 0.850. The van der Waals surface area contributed by atoms with Crippen LogP contribution in [0.3, 0.4) is 0 Å². The van der Waals surface area contributed by atoms with Crippen molar-refractivity contribution in [2.24, 2.45) is 0 Å². The zero-order chi connectivity index (χ0) is 8.27. The first-order valence-corrected chi connectivity index (χ1v) is 3.64. The van der Waals surface area contributed by atoms with E-state index < -0.39 is 5.97 Å². The van der Waals surface area contributed by atoms with Gasteiger partial charge in [-0.25, -0.2) is 4.79 Å². The summed E-state index contributed by atoms with van der Waals surface area (Å²) in [6, 6.07) is 0. The summed E-state index contributed by atoms with van der Waals surface area (Å²) in [5.74, 6) is -0.339. The first kappa shape index (κ1) is 7.98. The van der Waals surface area contributed by atoms with Gasteiger partial charge < -0.3 is 4.74 Å². The molecule has 0 unspecified atom stereocenters. The molecule has 0 aromatic heterocycles. The molecule has 11 heavy (non-hydrogen) atoms. The monoisotopic (exact) mass is 154 g/mol. The van der Waals surface area contributed by atoms with Crippen molar-refractivity contribution in [1.82, 2.24) is 0 Å². The van der Waals surface area contributed by atoms with Crippen LogP contribution in [-0.2, 0) is 14.3 Å². The Labute approximate surface area is 65.0 Å². The molecule has 0 aliphatic heterocycles. The molecule has 0 spiro atoms. The van der Waals surface area contributed by atoms with Gasteiger partial charge >= 0.3 is 5.97 Å². The zero-order valence-electron chi connectivity index (χ0n) is 6.42. The van der Waals surface area contributed by atoms with Gasteiger partial charge in [-0.15, -0.1) is 0 Å². The van der Waals surface area contributed by atoms with E-state index in [0.717, 1.165) is 6.42 Å². The summed E-state index contributed by atoms with van der Waals surface area (Å²) in [6.45, 7) is 2.09. The average Bonchev–Trinajstić information content (AvgIpc) is 1.98. The Morgan fingerprint density at radius 1 is 1.64 bits per heavy atom. The van der Waals surface area contributed by atoms with E-state index in [-0.39, 0.29) is 5.78 Å². The number of ketones is 1. The summed E-state index contributed by atoms with van der Waals surface area (Å²) in [4.78, 5) is 21.4. The minimum absolute atomic E-state index is 0.0676. The summed E-state index contributed by atoms with van der Waals surface area (Å²) in [5.41, 5.74) is 0.600. The Kier molecular flexibility index (Phi) is 2.41. The number of Topliss-reactive ketones (excluding diaryl/α,β-unsaturated/α-hetero) is 1. The second-order valence-electron chi connectivity index (χ2n) is 2.34. The lowest BCUT2D eigenvalue weighted by molar-refractivity contribution is -0.137. The van der Waals surface area contributed by atoms with Crippen molar-refractivity contribution in [3.05, 3.63) is 11.6 Å². The van der Waals surface area contributed by atoms with Gasteiger partial charge in [0.25, 0.3) is 0 Å². The van der Waals surface area contributed by atoms with E-state index in [1.165, 1.54) is 6.08 Å². The topological polar surface area (TPSA) is 43.4 Å². The van der Waals surface area contributed by atoms with E-state index in [9.17, 15) is 9.59 Å². The smallest absolute Gasteiger partial charge is 0.331 e. The van der Waals surface area contributed by atoms with Gasteiger partial charge in [0.05, 0.1) is 6.61 Å². The normalized spacial score (nSPS) is 19.7. The predicted molar refractivity (Wildman–Crippen MR) is 39.0 cm³/mol. The molecule has 0 bridgehead atoms. The number of carbonyl (C=O) groups excluding carboxylic acids is 2. The van der Waals surface area contributed by atoms with E-state index in [0.29, 0.717) is 18.6 Å². The highest BCUT2D eigenvalue weighted by molar-refractivity contribution is 6.05. The highest BCUT2D eigenvalue weighted by Gasteiger charge is 2.21. The van der Waals surface area contributed by atoms with E-state index in [1.807, 2.05) is 0 Å². The second kappa shape index (κ2) is 3.32. The van der Waals surface area contributed by atoms with E-state index >= 15 is 0 Å². The maximum Gasteiger partial charge on any atom is 0.331 e. The zero-order valence-corrected chi connectivity index (χ0v) is 6.42. The first-order chi connectivity index (χ1) is 5.24. The van der Waals surface area contributed by atoms with Crippen molar-refractivity contribution in [1.29, 1.82) is 0 Å². The Bertz CT molecular complexity index is 215. The fraction of sp³-hybridized carbons (Fsp3) is 0.500. The second-order valence-corrected chi connectivity index (χ2v) is 2.34. The lowest BCUT2D eigenvalue weighted by Crippen LogP contribution is -2.16. The van der Waals surface area contributed by atoms with Crippen LogP contribution in [-0.4, -0.2) is 18.4 Å². The molecule has 0 radical (unpaired) electrons. The molecular weight excluding hydrogens is 144 g/mol. The molecule has 1 saturated carbocycles.